The van der Waals surface area contributed by atoms with Crippen LogP contribution in [0.5, 0.6) is 0 Å². The molecule has 1 aromatic heterocycles. The van der Waals surface area contributed by atoms with Crippen molar-refractivity contribution in [3.63, 3.8) is 0 Å². The van der Waals surface area contributed by atoms with Crippen LogP contribution in [0.3, 0.4) is 0 Å². The topological polar surface area (TPSA) is 87.3 Å². The molecule has 2 aromatic rings. The van der Waals surface area contributed by atoms with Crippen molar-refractivity contribution in [1.29, 1.82) is 0 Å². The summed E-state index contributed by atoms with van der Waals surface area (Å²) in [7, 11) is 0. The van der Waals surface area contributed by atoms with Gasteiger partial charge in [-0.25, -0.2) is 0 Å². The monoisotopic (exact) mass is 437 g/mol. The Bertz CT molecular complexity index is 838. The van der Waals surface area contributed by atoms with E-state index < -0.39 is 17.2 Å². The molecular weight excluding hydrogens is 418 g/mol. The Morgan fingerprint density at radius 1 is 1.00 bits per heavy atom. The smallest absolute Gasteiger partial charge is 0.280 e. The second-order valence-corrected chi connectivity index (χ2v) is 8.71. The summed E-state index contributed by atoms with van der Waals surface area (Å²) < 4.78 is 0.858. The number of hydrazine groups is 1. The number of amides is 3. The van der Waals surface area contributed by atoms with Crippen molar-refractivity contribution in [3.8, 4) is 0 Å². The van der Waals surface area contributed by atoms with Gasteiger partial charge < -0.3 is 5.32 Å². The van der Waals surface area contributed by atoms with Crippen molar-refractivity contribution in [2.24, 2.45) is 5.41 Å². The lowest BCUT2D eigenvalue weighted by molar-refractivity contribution is -0.123. The van der Waals surface area contributed by atoms with Gasteiger partial charge in [0.05, 0.1) is 9.88 Å². The molecule has 138 valence electrons. The molecule has 8 heteroatoms. The summed E-state index contributed by atoms with van der Waals surface area (Å²) in [5.74, 6) is -0.982. The lowest BCUT2D eigenvalue weighted by atomic mass is 9.96. The predicted molar refractivity (Wildman–Crippen MR) is 106 cm³/mol. The molecule has 2 rings (SSSR count). The van der Waals surface area contributed by atoms with Crippen molar-refractivity contribution in [3.05, 3.63) is 50.8 Å². The van der Waals surface area contributed by atoms with Gasteiger partial charge in [-0.15, -0.1) is 11.3 Å². The highest BCUT2D eigenvalue weighted by Gasteiger charge is 2.23. The van der Waals surface area contributed by atoms with Crippen molar-refractivity contribution in [2.45, 2.75) is 27.7 Å². The number of thiophene rings is 1. The minimum Gasteiger partial charge on any atom is -0.317 e. The molecule has 1 aromatic carbocycles. The summed E-state index contributed by atoms with van der Waals surface area (Å²) >= 11 is 4.46. The molecule has 0 aliphatic rings. The van der Waals surface area contributed by atoms with Gasteiger partial charge in [-0.05, 0) is 42.8 Å². The first-order valence-electron chi connectivity index (χ1n) is 7.86. The standard InChI is InChI=1S/C18H20BrN3O3S/c1-10-9-13(20-17(25)18(2,3)4)26-14(10)16(24)22-21-15(23)11-5-7-12(19)8-6-11/h5-9H,1-4H3,(H,20,25)(H,21,23)(H,22,24). The first kappa shape index (κ1) is 20.1. The molecule has 6 nitrogen and oxygen atoms in total. The van der Waals surface area contributed by atoms with E-state index in [0.717, 1.165) is 21.4 Å². The van der Waals surface area contributed by atoms with Crippen LogP contribution < -0.4 is 16.2 Å². The Labute approximate surface area is 164 Å². The summed E-state index contributed by atoms with van der Waals surface area (Å²) in [6.45, 7) is 7.21. The molecular formula is C18H20BrN3O3S. The molecule has 0 unspecified atom stereocenters. The lowest BCUT2D eigenvalue weighted by Crippen LogP contribution is -2.41. The third-order valence-electron chi connectivity index (χ3n) is 3.44. The fraction of sp³-hybridized carbons (Fsp3) is 0.278. The Hall–Kier alpha value is -2.19. The highest BCUT2D eigenvalue weighted by Crippen LogP contribution is 2.28. The third-order valence-corrected chi connectivity index (χ3v) is 5.12. The fourth-order valence-electron chi connectivity index (χ4n) is 1.91. The van der Waals surface area contributed by atoms with Gasteiger partial charge >= 0.3 is 0 Å². The van der Waals surface area contributed by atoms with Crippen LogP contribution in [-0.4, -0.2) is 17.7 Å². The molecule has 0 aliphatic carbocycles. The van der Waals surface area contributed by atoms with E-state index in [2.05, 4.69) is 32.1 Å². The van der Waals surface area contributed by atoms with Gasteiger partial charge in [-0.3, -0.25) is 25.2 Å². The lowest BCUT2D eigenvalue weighted by Gasteiger charge is -2.16. The van der Waals surface area contributed by atoms with Crippen LogP contribution in [0.4, 0.5) is 5.00 Å². The third kappa shape index (κ3) is 5.15. The fourth-order valence-corrected chi connectivity index (χ4v) is 3.14. The van der Waals surface area contributed by atoms with Crippen LogP contribution in [0, 0.1) is 12.3 Å². The van der Waals surface area contributed by atoms with Gasteiger partial charge in [0.15, 0.2) is 0 Å². The van der Waals surface area contributed by atoms with Gasteiger partial charge in [-0.2, -0.15) is 0 Å². The molecule has 0 aliphatic heterocycles. The number of rotatable bonds is 3. The Morgan fingerprint density at radius 2 is 1.58 bits per heavy atom. The average molecular weight is 438 g/mol. The van der Waals surface area contributed by atoms with Crippen LogP contribution in [0.15, 0.2) is 34.8 Å². The predicted octanol–water partition coefficient (Wildman–Crippen LogP) is 3.88. The Balaban J connectivity index is 2.00. The summed E-state index contributed by atoms with van der Waals surface area (Å²) in [6, 6.07) is 8.50. The Kier molecular flexibility index (Phi) is 6.20. The van der Waals surface area contributed by atoms with Gasteiger partial charge in [0.2, 0.25) is 5.91 Å². The molecule has 1 heterocycles. The highest BCUT2D eigenvalue weighted by atomic mass is 79.9. The van der Waals surface area contributed by atoms with Crippen LogP contribution in [0.25, 0.3) is 0 Å². The number of halogens is 1. The quantitative estimate of drug-likeness (QED) is 0.636. The maximum atomic E-state index is 12.3. The van der Waals surface area contributed by atoms with Crippen LogP contribution >= 0.6 is 27.3 Å². The molecule has 26 heavy (non-hydrogen) atoms. The zero-order valence-electron chi connectivity index (χ0n) is 14.9. The Morgan fingerprint density at radius 3 is 2.15 bits per heavy atom. The molecule has 0 spiro atoms. The van der Waals surface area contributed by atoms with E-state index >= 15 is 0 Å². The zero-order chi connectivity index (χ0) is 19.5. The van der Waals surface area contributed by atoms with Crippen LogP contribution in [0.1, 0.15) is 46.4 Å². The van der Waals surface area contributed by atoms with Gasteiger partial charge in [0, 0.05) is 15.5 Å². The first-order chi connectivity index (χ1) is 12.1. The molecule has 0 saturated heterocycles. The van der Waals surface area contributed by atoms with Crippen molar-refractivity contribution in [2.75, 3.05) is 5.32 Å². The normalized spacial score (nSPS) is 11.0. The second-order valence-electron chi connectivity index (χ2n) is 6.74. The summed E-state index contributed by atoms with van der Waals surface area (Å²) in [5.41, 5.74) is 5.39. The number of carbonyl (C=O) groups excluding carboxylic acids is 3. The molecule has 0 atom stereocenters. The minimum atomic E-state index is -0.529. The van der Waals surface area contributed by atoms with E-state index in [0.29, 0.717) is 15.4 Å². The number of carbonyl (C=O) groups is 3. The summed E-state index contributed by atoms with van der Waals surface area (Å²) in [4.78, 5) is 36.8. The van der Waals surface area contributed by atoms with Gasteiger partial charge in [0.1, 0.15) is 0 Å². The molecule has 0 radical (unpaired) electrons. The minimum absolute atomic E-state index is 0.130. The van der Waals surface area contributed by atoms with Crippen molar-refractivity contribution < 1.29 is 14.4 Å². The number of hydrogen-bond acceptors (Lipinski definition) is 4. The molecule has 0 bridgehead atoms. The largest absolute Gasteiger partial charge is 0.317 e. The number of aryl methyl sites for hydroxylation is 1. The van der Waals surface area contributed by atoms with Crippen LogP contribution in [0.2, 0.25) is 0 Å². The average Bonchev–Trinajstić information content (AvgIpc) is 2.92. The van der Waals surface area contributed by atoms with E-state index in [1.807, 2.05) is 20.8 Å². The van der Waals surface area contributed by atoms with Crippen molar-refractivity contribution in [1.82, 2.24) is 10.9 Å². The number of nitrogens with one attached hydrogen (secondary N) is 3. The number of benzene rings is 1. The number of anilines is 1. The number of hydrogen-bond donors (Lipinski definition) is 3. The molecule has 3 N–H and O–H groups in total. The molecule has 3 amide bonds. The van der Waals surface area contributed by atoms with Crippen molar-refractivity contribution >= 4 is 50.0 Å². The maximum Gasteiger partial charge on any atom is 0.280 e. The van der Waals surface area contributed by atoms with E-state index in [9.17, 15) is 14.4 Å². The van der Waals surface area contributed by atoms with E-state index in [-0.39, 0.29) is 5.91 Å². The van der Waals surface area contributed by atoms with Crippen LogP contribution in [-0.2, 0) is 4.79 Å². The summed E-state index contributed by atoms with van der Waals surface area (Å²) in [6.07, 6.45) is 0. The van der Waals surface area contributed by atoms with E-state index in [4.69, 9.17) is 0 Å². The molecule has 0 saturated carbocycles. The highest BCUT2D eigenvalue weighted by molar-refractivity contribution is 9.10. The van der Waals surface area contributed by atoms with Gasteiger partial charge in [0.25, 0.3) is 11.8 Å². The SMILES string of the molecule is Cc1cc(NC(=O)C(C)(C)C)sc1C(=O)NNC(=O)c1ccc(Br)cc1. The molecule has 0 fully saturated rings. The zero-order valence-corrected chi connectivity index (χ0v) is 17.3. The van der Waals surface area contributed by atoms with E-state index in [1.165, 1.54) is 0 Å². The van der Waals surface area contributed by atoms with E-state index in [1.54, 1.807) is 37.3 Å². The van der Waals surface area contributed by atoms with Gasteiger partial charge in [-0.1, -0.05) is 36.7 Å². The first-order valence-corrected chi connectivity index (χ1v) is 9.47. The maximum absolute atomic E-state index is 12.3. The summed E-state index contributed by atoms with van der Waals surface area (Å²) in [5, 5.41) is 3.39. The second kappa shape index (κ2) is 8.01.